The van der Waals surface area contributed by atoms with E-state index in [1.54, 1.807) is 6.08 Å². The number of aliphatic hydroxyl groups is 1. The van der Waals surface area contributed by atoms with Gasteiger partial charge in [0, 0.05) is 6.08 Å². The second-order valence-electron chi connectivity index (χ2n) is 8.85. The van der Waals surface area contributed by atoms with Gasteiger partial charge in [0.05, 0.1) is 6.10 Å². The normalized spacial score (nSPS) is 37.7. The Hall–Kier alpha value is -1.35. The van der Waals surface area contributed by atoms with Crippen LogP contribution in [0.15, 0.2) is 36.0 Å². The Morgan fingerprint density at radius 2 is 1.89 bits per heavy atom. The summed E-state index contributed by atoms with van der Waals surface area (Å²) in [6, 6.07) is 0. The summed E-state index contributed by atoms with van der Waals surface area (Å²) in [7, 11) is 0. The van der Waals surface area contributed by atoms with Crippen molar-refractivity contribution in [1.29, 1.82) is 0 Å². The van der Waals surface area contributed by atoms with E-state index in [2.05, 4.69) is 39.8 Å². The van der Waals surface area contributed by atoms with Crippen LogP contribution in [0.25, 0.3) is 0 Å². The minimum Gasteiger partial charge on any atom is -0.478 e. The van der Waals surface area contributed by atoms with Crippen molar-refractivity contribution in [2.75, 3.05) is 0 Å². The lowest BCUT2D eigenvalue weighted by Crippen LogP contribution is -2.48. The number of hydrogen-bond donors (Lipinski definition) is 2. The molecule has 0 aromatic carbocycles. The fourth-order valence-electron chi connectivity index (χ4n) is 5.69. The van der Waals surface area contributed by atoms with E-state index in [0.717, 1.165) is 25.7 Å². The van der Waals surface area contributed by atoms with E-state index in [9.17, 15) is 9.90 Å². The largest absolute Gasteiger partial charge is 0.478 e. The molecule has 2 aliphatic rings. The Balaban J connectivity index is 2.33. The lowest BCUT2D eigenvalue weighted by Gasteiger charge is -2.52. The Morgan fingerprint density at radius 3 is 2.56 bits per heavy atom. The highest BCUT2D eigenvalue weighted by molar-refractivity contribution is 5.80. The topological polar surface area (TPSA) is 57.5 Å². The Labute approximate surface area is 165 Å². The van der Waals surface area contributed by atoms with Crippen molar-refractivity contribution in [1.82, 2.24) is 0 Å². The standard InChI is InChI=1S/C24H38O3/c1-5-6-7-10-16(2)23-18(4)15-20-21(25)14-13-17(3)24(20)19(23)11-8-9-12-22(26)27/h8-12,17-21,23-25H,5-7,13-15H2,1-4H3,(H,26,27)/b11-8+,12-9+,16-10-/t17-,18-,19+,20-,21-,23+,24-/m0/s1. The third kappa shape index (κ3) is 5.57. The maximum absolute atomic E-state index is 10.8. The van der Waals surface area contributed by atoms with Gasteiger partial charge in [0.2, 0.25) is 0 Å². The minimum atomic E-state index is -0.914. The van der Waals surface area contributed by atoms with E-state index in [4.69, 9.17) is 5.11 Å². The summed E-state index contributed by atoms with van der Waals surface area (Å²) in [4.78, 5) is 10.8. The van der Waals surface area contributed by atoms with E-state index in [1.807, 2.05) is 6.08 Å². The summed E-state index contributed by atoms with van der Waals surface area (Å²) < 4.78 is 0. The van der Waals surface area contributed by atoms with Gasteiger partial charge in [-0.05, 0) is 68.1 Å². The number of aliphatic carboxylic acids is 1. The van der Waals surface area contributed by atoms with Crippen molar-refractivity contribution >= 4 is 5.97 Å². The molecule has 0 aromatic rings. The summed E-state index contributed by atoms with van der Waals surface area (Å²) in [5.74, 6) is 1.88. The van der Waals surface area contributed by atoms with Crippen LogP contribution in [0.2, 0.25) is 0 Å². The Kier molecular flexibility index (Phi) is 8.34. The first kappa shape index (κ1) is 21.9. The molecule has 0 unspecified atom stereocenters. The number of unbranched alkanes of at least 4 members (excludes halogenated alkanes) is 2. The van der Waals surface area contributed by atoms with Crippen molar-refractivity contribution < 1.29 is 15.0 Å². The third-order valence-corrected chi connectivity index (χ3v) is 6.91. The molecule has 27 heavy (non-hydrogen) atoms. The maximum Gasteiger partial charge on any atom is 0.328 e. The number of carboxylic acids is 1. The monoisotopic (exact) mass is 374 g/mol. The highest BCUT2D eigenvalue weighted by atomic mass is 16.4. The molecule has 152 valence electrons. The van der Waals surface area contributed by atoms with Crippen molar-refractivity contribution in [2.45, 2.75) is 72.3 Å². The molecule has 7 atom stereocenters. The van der Waals surface area contributed by atoms with Gasteiger partial charge in [-0.1, -0.05) is 63.5 Å². The summed E-state index contributed by atoms with van der Waals surface area (Å²) in [6.45, 7) is 9.16. The van der Waals surface area contributed by atoms with Crippen LogP contribution in [0.3, 0.4) is 0 Å². The minimum absolute atomic E-state index is 0.190. The summed E-state index contributed by atoms with van der Waals surface area (Å²) in [5.41, 5.74) is 1.47. The van der Waals surface area contributed by atoms with Gasteiger partial charge in [-0.3, -0.25) is 0 Å². The van der Waals surface area contributed by atoms with Crippen LogP contribution in [0.5, 0.6) is 0 Å². The van der Waals surface area contributed by atoms with Crippen LogP contribution < -0.4 is 0 Å². The van der Waals surface area contributed by atoms with E-state index >= 15 is 0 Å². The molecule has 0 saturated heterocycles. The van der Waals surface area contributed by atoms with E-state index in [0.29, 0.717) is 35.5 Å². The van der Waals surface area contributed by atoms with Crippen molar-refractivity contribution in [3.8, 4) is 0 Å². The molecule has 0 bridgehead atoms. The number of carboxylic acid groups (broad SMARTS) is 1. The first-order chi connectivity index (χ1) is 12.9. The SMILES string of the molecule is CCCC/C=C(/C)[C@H]1[C@@H](/C=C/C=C/C(=O)O)[C@H]2[C@@H](C[C@@H]1C)[C@@H](O)CC[C@@H]2C. The lowest BCUT2D eigenvalue weighted by molar-refractivity contribution is -0.131. The van der Waals surface area contributed by atoms with Crippen molar-refractivity contribution in [3.63, 3.8) is 0 Å². The van der Waals surface area contributed by atoms with Crippen molar-refractivity contribution in [3.05, 3.63) is 36.0 Å². The maximum atomic E-state index is 10.8. The predicted octanol–water partition coefficient (Wildman–Crippen LogP) is 5.62. The molecule has 0 amide bonds. The van der Waals surface area contributed by atoms with E-state index in [-0.39, 0.29) is 6.10 Å². The molecular formula is C24H38O3. The van der Waals surface area contributed by atoms with Gasteiger partial charge in [0.1, 0.15) is 0 Å². The van der Waals surface area contributed by atoms with E-state index < -0.39 is 5.97 Å². The fourth-order valence-corrected chi connectivity index (χ4v) is 5.69. The molecule has 2 aliphatic carbocycles. The molecule has 2 saturated carbocycles. The van der Waals surface area contributed by atoms with Gasteiger partial charge in [-0.15, -0.1) is 0 Å². The first-order valence-electron chi connectivity index (χ1n) is 10.8. The van der Waals surface area contributed by atoms with Crippen LogP contribution >= 0.6 is 0 Å². The number of carbonyl (C=O) groups is 1. The molecule has 0 radical (unpaired) electrons. The van der Waals surface area contributed by atoms with Crippen LogP contribution in [-0.4, -0.2) is 22.3 Å². The van der Waals surface area contributed by atoms with Crippen LogP contribution in [0.4, 0.5) is 0 Å². The molecule has 2 fully saturated rings. The molecule has 0 aliphatic heterocycles. The molecule has 3 heteroatoms. The summed E-state index contributed by atoms with van der Waals surface area (Å²) in [5, 5.41) is 19.5. The molecule has 2 N–H and O–H groups in total. The zero-order valence-corrected chi connectivity index (χ0v) is 17.5. The second kappa shape index (κ2) is 10.3. The van der Waals surface area contributed by atoms with Crippen molar-refractivity contribution in [2.24, 2.45) is 35.5 Å². The zero-order valence-electron chi connectivity index (χ0n) is 17.5. The van der Waals surface area contributed by atoms with Gasteiger partial charge in [-0.25, -0.2) is 4.79 Å². The van der Waals surface area contributed by atoms with Gasteiger partial charge < -0.3 is 10.2 Å². The average molecular weight is 375 g/mol. The molecule has 0 aromatic heterocycles. The predicted molar refractivity (Wildman–Crippen MR) is 111 cm³/mol. The number of hydrogen-bond acceptors (Lipinski definition) is 2. The summed E-state index contributed by atoms with van der Waals surface area (Å²) >= 11 is 0. The van der Waals surface area contributed by atoms with E-state index in [1.165, 1.54) is 24.5 Å². The van der Waals surface area contributed by atoms with Gasteiger partial charge in [-0.2, -0.15) is 0 Å². The Bertz CT molecular complexity index is 574. The first-order valence-corrected chi connectivity index (χ1v) is 10.8. The smallest absolute Gasteiger partial charge is 0.328 e. The molecular weight excluding hydrogens is 336 g/mol. The zero-order chi connectivity index (χ0) is 20.0. The number of allylic oxidation sites excluding steroid dienone is 5. The van der Waals surface area contributed by atoms with Gasteiger partial charge in [0.25, 0.3) is 0 Å². The second-order valence-corrected chi connectivity index (χ2v) is 8.85. The Morgan fingerprint density at radius 1 is 1.15 bits per heavy atom. The quantitative estimate of drug-likeness (QED) is 0.263. The van der Waals surface area contributed by atoms with Crippen LogP contribution in [-0.2, 0) is 4.79 Å². The van der Waals surface area contributed by atoms with Gasteiger partial charge in [0.15, 0.2) is 0 Å². The van der Waals surface area contributed by atoms with Gasteiger partial charge >= 0.3 is 5.97 Å². The fraction of sp³-hybridized carbons (Fsp3) is 0.708. The lowest BCUT2D eigenvalue weighted by atomic mass is 9.53. The summed E-state index contributed by atoms with van der Waals surface area (Å²) in [6.07, 6.45) is 15.8. The highest BCUT2D eigenvalue weighted by Gasteiger charge is 2.48. The molecule has 3 nitrogen and oxygen atoms in total. The number of aliphatic hydroxyl groups excluding tert-OH is 1. The van der Waals surface area contributed by atoms with Crippen LogP contribution in [0, 0.1) is 35.5 Å². The molecule has 0 heterocycles. The molecule has 0 spiro atoms. The number of rotatable bonds is 7. The third-order valence-electron chi connectivity index (χ3n) is 6.91. The van der Waals surface area contributed by atoms with Crippen LogP contribution in [0.1, 0.15) is 66.2 Å². The molecule has 2 rings (SSSR count). The average Bonchev–Trinajstić information content (AvgIpc) is 2.61. The highest BCUT2D eigenvalue weighted by Crippen LogP contribution is 2.53. The number of fused-ring (bicyclic) bond motifs is 1.